The van der Waals surface area contributed by atoms with Crippen LogP contribution in [0.3, 0.4) is 0 Å². The van der Waals surface area contributed by atoms with Gasteiger partial charge in [0.05, 0.1) is 19.8 Å². The highest BCUT2D eigenvalue weighted by Gasteiger charge is 2.27. The van der Waals surface area contributed by atoms with E-state index in [4.69, 9.17) is 9.47 Å². The minimum absolute atomic E-state index is 0.0750. The third-order valence-electron chi connectivity index (χ3n) is 5.82. The van der Waals surface area contributed by atoms with Crippen LogP contribution in [0.15, 0.2) is 48.8 Å². The average Bonchev–Trinajstić information content (AvgIpc) is 2.80. The Morgan fingerprint density at radius 2 is 1.90 bits per heavy atom. The lowest BCUT2D eigenvalue weighted by molar-refractivity contribution is -0.0497. The smallest absolute Gasteiger partial charge is 0.254 e. The fourth-order valence-electron chi connectivity index (χ4n) is 4.14. The van der Waals surface area contributed by atoms with Crippen LogP contribution in [0, 0.1) is 0 Å². The van der Waals surface area contributed by atoms with E-state index in [1.165, 1.54) is 5.56 Å². The van der Waals surface area contributed by atoms with Crippen molar-refractivity contribution in [3.8, 4) is 5.75 Å². The first kappa shape index (κ1) is 20.8. The van der Waals surface area contributed by atoms with E-state index in [9.17, 15) is 4.79 Å². The molecule has 1 amide bonds. The van der Waals surface area contributed by atoms with Gasteiger partial charge in [-0.15, -0.1) is 0 Å². The number of carbonyl (C=O) groups is 1. The molecule has 1 aromatic carbocycles. The Labute approximate surface area is 178 Å². The molecular weight excluding hydrogens is 380 g/mol. The Kier molecular flexibility index (Phi) is 6.94. The number of nitrogens with zero attached hydrogens (tertiary/aromatic N) is 4. The maximum Gasteiger partial charge on any atom is 0.254 e. The number of benzene rings is 1. The van der Waals surface area contributed by atoms with Gasteiger partial charge in [0.25, 0.3) is 5.91 Å². The van der Waals surface area contributed by atoms with Gasteiger partial charge in [0, 0.05) is 70.3 Å². The molecule has 2 aliphatic rings. The third-order valence-corrected chi connectivity index (χ3v) is 5.82. The second kappa shape index (κ2) is 10.0. The van der Waals surface area contributed by atoms with Crippen LogP contribution in [0.25, 0.3) is 0 Å². The lowest BCUT2D eigenvalue weighted by Gasteiger charge is -2.39. The minimum Gasteiger partial charge on any atom is -0.497 e. The summed E-state index contributed by atoms with van der Waals surface area (Å²) >= 11 is 0. The third kappa shape index (κ3) is 5.36. The summed E-state index contributed by atoms with van der Waals surface area (Å²) in [5, 5.41) is 0. The standard InChI is InChI=1S/C23H30N4O3/c1-29-21-4-2-3-20(15-21)23(28)27-11-9-25(10-12-27)17-22-18-26(13-14-30-22)16-19-5-7-24-8-6-19/h2-8,15,22H,9-14,16-18H2,1H3. The molecule has 0 aliphatic carbocycles. The van der Waals surface area contributed by atoms with Gasteiger partial charge in [0.15, 0.2) is 0 Å². The van der Waals surface area contributed by atoms with Crippen molar-refractivity contribution in [1.29, 1.82) is 0 Å². The minimum atomic E-state index is 0.0750. The van der Waals surface area contributed by atoms with E-state index in [-0.39, 0.29) is 12.0 Å². The number of amides is 1. The van der Waals surface area contributed by atoms with E-state index in [0.29, 0.717) is 11.3 Å². The van der Waals surface area contributed by atoms with Gasteiger partial charge in [0.2, 0.25) is 0 Å². The molecule has 1 aromatic heterocycles. The molecular formula is C23H30N4O3. The molecule has 7 nitrogen and oxygen atoms in total. The number of ether oxygens (including phenoxy) is 2. The second-order valence-corrected chi connectivity index (χ2v) is 7.91. The van der Waals surface area contributed by atoms with Crippen molar-refractivity contribution >= 4 is 5.91 Å². The summed E-state index contributed by atoms with van der Waals surface area (Å²) in [6.07, 6.45) is 3.90. The van der Waals surface area contributed by atoms with Gasteiger partial charge in [-0.2, -0.15) is 0 Å². The fraction of sp³-hybridized carbons (Fsp3) is 0.478. The lowest BCUT2D eigenvalue weighted by atomic mass is 10.1. The number of aromatic nitrogens is 1. The highest BCUT2D eigenvalue weighted by atomic mass is 16.5. The number of morpholine rings is 1. The van der Waals surface area contributed by atoms with Gasteiger partial charge in [-0.25, -0.2) is 0 Å². The van der Waals surface area contributed by atoms with Crippen LogP contribution in [-0.2, 0) is 11.3 Å². The maximum atomic E-state index is 12.8. The first-order valence-electron chi connectivity index (χ1n) is 10.6. The number of pyridine rings is 1. The summed E-state index contributed by atoms with van der Waals surface area (Å²) in [6, 6.07) is 11.5. The monoisotopic (exact) mass is 410 g/mol. The largest absolute Gasteiger partial charge is 0.497 e. The Morgan fingerprint density at radius 1 is 1.10 bits per heavy atom. The van der Waals surface area contributed by atoms with Gasteiger partial charge >= 0.3 is 0 Å². The van der Waals surface area contributed by atoms with Gasteiger partial charge < -0.3 is 14.4 Å². The number of methoxy groups -OCH3 is 1. The van der Waals surface area contributed by atoms with E-state index in [0.717, 1.165) is 59.0 Å². The molecule has 2 aliphatic heterocycles. The molecule has 2 fully saturated rings. The molecule has 0 saturated carbocycles. The number of hydrogen-bond donors (Lipinski definition) is 0. The van der Waals surface area contributed by atoms with E-state index >= 15 is 0 Å². The summed E-state index contributed by atoms with van der Waals surface area (Å²) in [6.45, 7) is 7.74. The van der Waals surface area contributed by atoms with Crippen LogP contribution in [0.4, 0.5) is 0 Å². The molecule has 1 atom stereocenters. The summed E-state index contributed by atoms with van der Waals surface area (Å²) in [5.41, 5.74) is 1.97. The van der Waals surface area contributed by atoms with E-state index in [1.807, 2.05) is 41.6 Å². The predicted molar refractivity (Wildman–Crippen MR) is 115 cm³/mol. The van der Waals surface area contributed by atoms with Crippen LogP contribution >= 0.6 is 0 Å². The summed E-state index contributed by atoms with van der Waals surface area (Å²) in [7, 11) is 1.62. The van der Waals surface area contributed by atoms with Crippen LogP contribution in [0.1, 0.15) is 15.9 Å². The number of rotatable bonds is 6. The lowest BCUT2D eigenvalue weighted by Crippen LogP contribution is -2.53. The second-order valence-electron chi connectivity index (χ2n) is 7.91. The van der Waals surface area contributed by atoms with Crippen molar-refractivity contribution in [1.82, 2.24) is 19.7 Å². The van der Waals surface area contributed by atoms with E-state index < -0.39 is 0 Å². The zero-order valence-electron chi connectivity index (χ0n) is 17.6. The zero-order valence-corrected chi connectivity index (χ0v) is 17.6. The maximum absolute atomic E-state index is 12.8. The van der Waals surface area contributed by atoms with Crippen molar-refractivity contribution in [3.63, 3.8) is 0 Å². The fourth-order valence-corrected chi connectivity index (χ4v) is 4.14. The van der Waals surface area contributed by atoms with E-state index in [1.54, 1.807) is 7.11 Å². The summed E-state index contributed by atoms with van der Waals surface area (Å²) < 4.78 is 11.3. The van der Waals surface area contributed by atoms with Crippen LogP contribution in [-0.4, -0.2) is 91.2 Å². The van der Waals surface area contributed by atoms with Crippen LogP contribution in [0.2, 0.25) is 0 Å². The van der Waals surface area contributed by atoms with Gasteiger partial charge in [-0.1, -0.05) is 6.07 Å². The first-order chi connectivity index (χ1) is 14.7. The molecule has 3 heterocycles. The topological polar surface area (TPSA) is 58.1 Å². The normalized spacial score (nSPS) is 20.8. The molecule has 2 aromatic rings. The Bertz CT molecular complexity index is 824. The van der Waals surface area contributed by atoms with Gasteiger partial charge in [0.1, 0.15) is 5.75 Å². The van der Waals surface area contributed by atoms with Crippen molar-refractivity contribution in [2.75, 3.05) is 59.5 Å². The van der Waals surface area contributed by atoms with E-state index in [2.05, 4.69) is 26.9 Å². The zero-order chi connectivity index (χ0) is 20.8. The molecule has 160 valence electrons. The van der Waals surface area contributed by atoms with Crippen molar-refractivity contribution in [2.45, 2.75) is 12.6 Å². The van der Waals surface area contributed by atoms with Crippen LogP contribution in [0.5, 0.6) is 5.75 Å². The summed E-state index contributed by atoms with van der Waals surface area (Å²) in [5.74, 6) is 0.788. The Balaban J connectivity index is 1.24. The molecule has 2 saturated heterocycles. The number of carbonyl (C=O) groups excluding carboxylic acids is 1. The molecule has 7 heteroatoms. The highest BCUT2D eigenvalue weighted by molar-refractivity contribution is 5.94. The van der Waals surface area contributed by atoms with Crippen molar-refractivity contribution in [3.05, 3.63) is 59.9 Å². The average molecular weight is 411 g/mol. The first-order valence-corrected chi connectivity index (χ1v) is 10.6. The van der Waals surface area contributed by atoms with Crippen molar-refractivity contribution < 1.29 is 14.3 Å². The predicted octanol–water partition coefficient (Wildman–Crippen LogP) is 1.75. The number of hydrogen-bond acceptors (Lipinski definition) is 6. The molecule has 0 spiro atoms. The Morgan fingerprint density at radius 3 is 2.67 bits per heavy atom. The quantitative estimate of drug-likeness (QED) is 0.723. The van der Waals surface area contributed by atoms with Crippen LogP contribution < -0.4 is 4.74 Å². The number of piperazine rings is 1. The molecule has 0 radical (unpaired) electrons. The van der Waals surface area contributed by atoms with Gasteiger partial charge in [-0.3, -0.25) is 19.6 Å². The molecule has 0 N–H and O–H groups in total. The molecule has 0 bridgehead atoms. The summed E-state index contributed by atoms with van der Waals surface area (Å²) in [4.78, 5) is 23.7. The molecule has 4 rings (SSSR count). The SMILES string of the molecule is COc1cccc(C(=O)N2CCN(CC3CN(Cc4ccncc4)CCO3)CC2)c1. The molecule has 1 unspecified atom stereocenters. The van der Waals surface area contributed by atoms with Crippen molar-refractivity contribution in [2.24, 2.45) is 0 Å². The highest BCUT2D eigenvalue weighted by Crippen LogP contribution is 2.16. The van der Waals surface area contributed by atoms with Gasteiger partial charge in [-0.05, 0) is 35.9 Å². The molecule has 30 heavy (non-hydrogen) atoms. The Hall–Kier alpha value is -2.48.